The molecule has 3 aliphatic rings. The van der Waals surface area contributed by atoms with Crippen LogP contribution in [-0.4, -0.2) is 55.1 Å². The van der Waals surface area contributed by atoms with Crippen LogP contribution in [0.4, 0.5) is 8.78 Å². The average Bonchev–Trinajstić information content (AvgIpc) is 3.13. The summed E-state index contributed by atoms with van der Waals surface area (Å²) in [6.45, 7) is -0.212. The summed E-state index contributed by atoms with van der Waals surface area (Å²) < 4.78 is 33.1. The number of carbonyl (C=O) groups is 1. The molecule has 5 nitrogen and oxygen atoms in total. The van der Waals surface area contributed by atoms with Crippen LogP contribution in [0.1, 0.15) is 64.2 Å². The van der Waals surface area contributed by atoms with Crippen LogP contribution in [0, 0.1) is 5.92 Å². The average molecular weight is 373 g/mol. The number of ether oxygens (including phenoxy) is 1. The summed E-state index contributed by atoms with van der Waals surface area (Å²) in [7, 11) is 1.31. The van der Waals surface area contributed by atoms with Gasteiger partial charge in [0, 0.05) is 19.7 Å². The molecule has 0 aromatic rings. The van der Waals surface area contributed by atoms with E-state index in [4.69, 9.17) is 4.74 Å². The van der Waals surface area contributed by atoms with Crippen molar-refractivity contribution in [2.75, 3.05) is 20.2 Å². The first kappa shape index (κ1) is 20.0. The lowest BCUT2D eigenvalue weighted by molar-refractivity contribution is -0.173. The zero-order valence-corrected chi connectivity index (χ0v) is 15.8. The topological polar surface area (TPSA) is 53.6 Å². The molecular weight excluding hydrogens is 340 g/mol. The summed E-state index contributed by atoms with van der Waals surface area (Å²) in [4.78, 5) is 14.0. The fourth-order valence-corrected chi connectivity index (χ4v) is 4.74. The van der Waals surface area contributed by atoms with E-state index in [-0.39, 0.29) is 18.4 Å². The highest BCUT2D eigenvalue weighted by Gasteiger charge is 2.47. The molecule has 1 amide bonds. The van der Waals surface area contributed by atoms with Gasteiger partial charge in [-0.2, -0.15) is 0 Å². The molecule has 1 saturated carbocycles. The summed E-state index contributed by atoms with van der Waals surface area (Å²) in [5, 5.41) is 0. The molecule has 26 heavy (non-hydrogen) atoms. The van der Waals surface area contributed by atoms with E-state index in [2.05, 4.69) is 10.9 Å². The highest BCUT2D eigenvalue weighted by Crippen LogP contribution is 2.31. The molecule has 0 aromatic heterocycles. The van der Waals surface area contributed by atoms with Crippen molar-refractivity contribution in [3.63, 3.8) is 0 Å². The molecule has 2 unspecified atom stereocenters. The molecule has 150 valence electrons. The smallest absolute Gasteiger partial charge is 0.290 e. The van der Waals surface area contributed by atoms with E-state index >= 15 is 0 Å². The van der Waals surface area contributed by atoms with Crippen LogP contribution < -0.4 is 10.9 Å². The Labute approximate surface area is 155 Å². The molecule has 0 spiro atoms. The number of nitrogens with one attached hydrogen (secondary N) is 2. The molecule has 2 N–H and O–H groups in total. The molecule has 7 heteroatoms. The van der Waals surface area contributed by atoms with E-state index in [1.54, 1.807) is 0 Å². The molecule has 2 saturated heterocycles. The molecule has 2 heterocycles. The number of piperidine rings is 1. The second-order valence-electron chi connectivity index (χ2n) is 8.18. The van der Waals surface area contributed by atoms with E-state index in [0.717, 1.165) is 0 Å². The third kappa shape index (κ3) is 4.73. The molecule has 0 aromatic carbocycles. The Balaban J connectivity index is 1.53. The summed E-state index contributed by atoms with van der Waals surface area (Å²) in [6.07, 6.45) is 9.91. The number of hydrazine groups is 1. The maximum Gasteiger partial charge on any atom is 0.290 e. The summed E-state index contributed by atoms with van der Waals surface area (Å²) in [5.41, 5.74) is 6.38. The highest BCUT2D eigenvalue weighted by atomic mass is 19.3. The third-order valence-corrected chi connectivity index (χ3v) is 6.33. The minimum atomic E-state index is -2.98. The maximum absolute atomic E-state index is 14.1. The van der Waals surface area contributed by atoms with Gasteiger partial charge in [0.2, 0.25) is 5.91 Å². The van der Waals surface area contributed by atoms with E-state index in [0.29, 0.717) is 18.9 Å². The Morgan fingerprint density at radius 3 is 2.31 bits per heavy atom. The predicted molar refractivity (Wildman–Crippen MR) is 95.8 cm³/mol. The first-order valence-electron chi connectivity index (χ1n) is 10.2. The Morgan fingerprint density at radius 2 is 1.69 bits per heavy atom. The quantitative estimate of drug-likeness (QED) is 0.799. The van der Waals surface area contributed by atoms with Crippen LogP contribution >= 0.6 is 0 Å². The van der Waals surface area contributed by atoms with E-state index < -0.39 is 24.6 Å². The van der Waals surface area contributed by atoms with Crippen molar-refractivity contribution in [3.8, 4) is 0 Å². The van der Waals surface area contributed by atoms with Crippen LogP contribution in [-0.2, 0) is 9.53 Å². The number of hydrogen-bond donors (Lipinski definition) is 2. The fourth-order valence-electron chi connectivity index (χ4n) is 4.74. The molecule has 1 aliphatic carbocycles. The second kappa shape index (κ2) is 8.93. The number of carbonyl (C=O) groups excluding carboxylic acids is 1. The Bertz CT molecular complexity index is 468. The fraction of sp³-hybridized carbons (Fsp3) is 0.947. The molecule has 0 bridgehead atoms. The van der Waals surface area contributed by atoms with Crippen molar-refractivity contribution in [2.45, 2.75) is 88.3 Å². The molecule has 2 aliphatic heterocycles. The van der Waals surface area contributed by atoms with Gasteiger partial charge >= 0.3 is 0 Å². The van der Waals surface area contributed by atoms with Crippen molar-refractivity contribution in [3.05, 3.63) is 0 Å². The minimum Gasteiger partial charge on any atom is -0.375 e. The van der Waals surface area contributed by atoms with Crippen molar-refractivity contribution >= 4 is 5.91 Å². The monoisotopic (exact) mass is 373 g/mol. The van der Waals surface area contributed by atoms with Crippen LogP contribution in [0.5, 0.6) is 0 Å². The molecular formula is C19H33F2N3O2. The minimum absolute atomic E-state index is 0.182. The lowest BCUT2D eigenvalue weighted by Gasteiger charge is -2.38. The van der Waals surface area contributed by atoms with Gasteiger partial charge in [0.05, 0.1) is 6.54 Å². The molecule has 3 rings (SSSR count). The van der Waals surface area contributed by atoms with E-state index in [9.17, 15) is 13.6 Å². The first-order chi connectivity index (χ1) is 12.5. The number of rotatable bonds is 3. The molecule has 3 atom stereocenters. The van der Waals surface area contributed by atoms with Gasteiger partial charge in [0.15, 0.2) is 0 Å². The van der Waals surface area contributed by atoms with Crippen LogP contribution in [0.15, 0.2) is 0 Å². The number of amides is 1. The van der Waals surface area contributed by atoms with Crippen molar-refractivity contribution in [2.24, 2.45) is 5.92 Å². The third-order valence-electron chi connectivity index (χ3n) is 6.33. The van der Waals surface area contributed by atoms with Crippen LogP contribution in [0.2, 0.25) is 0 Å². The summed E-state index contributed by atoms with van der Waals surface area (Å²) in [6, 6.07) is -0.137. The zero-order chi connectivity index (χ0) is 18.6. The van der Waals surface area contributed by atoms with Gasteiger partial charge in [-0.15, -0.1) is 0 Å². The normalized spacial score (nSPS) is 34.1. The summed E-state index contributed by atoms with van der Waals surface area (Å²) in [5.74, 6) is -2.62. The van der Waals surface area contributed by atoms with Gasteiger partial charge < -0.3 is 9.64 Å². The van der Waals surface area contributed by atoms with Gasteiger partial charge in [0.25, 0.3) is 5.92 Å². The zero-order valence-electron chi connectivity index (χ0n) is 15.8. The van der Waals surface area contributed by atoms with Crippen LogP contribution in [0.3, 0.4) is 0 Å². The van der Waals surface area contributed by atoms with Gasteiger partial charge in [-0.05, 0) is 31.6 Å². The predicted octanol–water partition coefficient (Wildman–Crippen LogP) is 2.85. The Kier molecular flexibility index (Phi) is 6.86. The van der Waals surface area contributed by atoms with Crippen LogP contribution in [0.25, 0.3) is 0 Å². The van der Waals surface area contributed by atoms with Crippen molar-refractivity contribution in [1.29, 1.82) is 0 Å². The number of hydrogen-bond acceptors (Lipinski definition) is 4. The number of likely N-dealkylation sites (tertiary alicyclic amines) is 1. The standard InChI is InChI=1S/C19H33F2N3O2/c1-26-17-10-11-24(13-19(17,20)21)18(25)16-12-15(22-23-16)14-8-6-4-2-3-5-7-9-14/h14-17,22-23H,2-13H2,1H3/t15?,16?,17-/m0/s1. The lowest BCUT2D eigenvalue weighted by Crippen LogP contribution is -2.57. The largest absolute Gasteiger partial charge is 0.375 e. The molecule has 0 radical (unpaired) electrons. The number of alkyl halides is 2. The SMILES string of the molecule is CO[C@H]1CCN(C(=O)C2CC(C3CCCCCCCC3)NN2)CC1(F)F. The van der Waals surface area contributed by atoms with Gasteiger partial charge in [0.1, 0.15) is 12.1 Å². The van der Waals surface area contributed by atoms with Gasteiger partial charge in [-0.1, -0.05) is 38.5 Å². The highest BCUT2D eigenvalue weighted by molar-refractivity contribution is 5.82. The lowest BCUT2D eigenvalue weighted by atomic mass is 9.87. The second-order valence-corrected chi connectivity index (χ2v) is 8.18. The Hall–Kier alpha value is -0.790. The van der Waals surface area contributed by atoms with Crippen molar-refractivity contribution < 1.29 is 18.3 Å². The first-order valence-corrected chi connectivity index (χ1v) is 10.2. The van der Waals surface area contributed by atoms with Gasteiger partial charge in [-0.3, -0.25) is 10.2 Å². The van der Waals surface area contributed by atoms with E-state index in [1.165, 1.54) is 63.4 Å². The number of halogens is 2. The Morgan fingerprint density at radius 1 is 1.04 bits per heavy atom. The van der Waals surface area contributed by atoms with Crippen molar-refractivity contribution in [1.82, 2.24) is 15.8 Å². The maximum atomic E-state index is 14.1. The number of methoxy groups -OCH3 is 1. The number of nitrogens with zero attached hydrogens (tertiary/aromatic N) is 1. The molecule has 3 fully saturated rings. The van der Waals surface area contributed by atoms with Gasteiger partial charge in [-0.25, -0.2) is 14.2 Å². The summed E-state index contributed by atoms with van der Waals surface area (Å²) >= 11 is 0. The van der Waals surface area contributed by atoms with E-state index in [1.807, 2.05) is 0 Å².